The number of pyridine rings is 2. The highest BCUT2D eigenvalue weighted by Gasteiger charge is 2.24. The van der Waals surface area contributed by atoms with Crippen molar-refractivity contribution in [3.8, 4) is 11.1 Å². The summed E-state index contributed by atoms with van der Waals surface area (Å²) in [5.41, 5.74) is 2.85. The van der Waals surface area contributed by atoms with Crippen LogP contribution < -0.4 is 11.0 Å². The van der Waals surface area contributed by atoms with Crippen LogP contribution in [0.3, 0.4) is 0 Å². The molecule has 5 aromatic rings. The summed E-state index contributed by atoms with van der Waals surface area (Å²) < 4.78 is 14.3. The van der Waals surface area contributed by atoms with E-state index in [4.69, 9.17) is 14.5 Å². The minimum absolute atomic E-state index is 0.0152. The van der Waals surface area contributed by atoms with E-state index >= 15 is 0 Å². The standard InChI is InChI=1S/C32H28N4O5/c1-2-40-32(39)26-19-25-28(33-27-12-6-7-17-35(27)31(25)38)36(20-24-11-8-18-41-24)29(26)34-30(37)23-15-13-22(14-16-23)21-9-4-3-5-10-21/h3-7,9-10,12-17,19,24H,2,8,11,18,20H2,1H3/t24-/m0/s1. The maximum atomic E-state index is 13.5. The summed E-state index contributed by atoms with van der Waals surface area (Å²) in [7, 11) is 0. The van der Waals surface area contributed by atoms with Crippen LogP contribution >= 0.6 is 0 Å². The van der Waals surface area contributed by atoms with Crippen molar-refractivity contribution in [1.82, 2.24) is 14.0 Å². The Balaban J connectivity index is 1.57. The molecule has 0 saturated carbocycles. The molecule has 1 fully saturated rings. The Labute approximate surface area is 235 Å². The van der Waals surface area contributed by atoms with E-state index in [9.17, 15) is 14.4 Å². The van der Waals surface area contributed by atoms with E-state index in [1.54, 1.807) is 48.0 Å². The number of carbonyl (C=O) groups is 2. The number of esters is 1. The van der Waals surface area contributed by atoms with Crippen molar-refractivity contribution in [3.63, 3.8) is 0 Å². The molecule has 1 aliphatic rings. The van der Waals surface area contributed by atoms with Crippen LogP contribution in [0.1, 0.15) is 40.5 Å². The Bertz CT molecular complexity index is 1890. The van der Waals surface area contributed by atoms with Crippen LogP contribution in [0.5, 0.6) is 0 Å². The minimum atomic E-state index is -0.681. The fourth-order valence-corrected chi connectivity index (χ4v) is 5.12. The van der Waals surface area contributed by atoms with Gasteiger partial charge in [0.05, 0.1) is 24.6 Å². The summed E-state index contributed by atoms with van der Waals surface area (Å²) in [6, 6.07) is 23.7. The third-order valence-corrected chi connectivity index (χ3v) is 7.14. The highest BCUT2D eigenvalue weighted by molar-refractivity contribution is 5.97. The van der Waals surface area contributed by atoms with Gasteiger partial charge in [0.25, 0.3) is 11.5 Å². The lowest BCUT2D eigenvalue weighted by Crippen LogP contribution is -2.35. The number of fused-ring (bicyclic) bond motifs is 2. The van der Waals surface area contributed by atoms with Gasteiger partial charge in [-0.25, -0.2) is 9.78 Å². The SMILES string of the molecule is CCOC(=O)c1cc2c(=O)n3ccccc3nc2n(C[C@@H]2CCCO2)c1=NC(=O)c1ccc(-c2ccccc2)cc1. The van der Waals surface area contributed by atoms with Crippen molar-refractivity contribution >= 4 is 28.6 Å². The van der Waals surface area contributed by atoms with Crippen molar-refractivity contribution in [2.45, 2.75) is 32.4 Å². The van der Waals surface area contributed by atoms with E-state index in [1.165, 1.54) is 10.5 Å². The number of carbonyl (C=O) groups excluding carboxylic acids is 2. The summed E-state index contributed by atoms with van der Waals surface area (Å²) in [6.45, 7) is 2.68. The first-order valence-electron chi connectivity index (χ1n) is 13.6. The molecule has 9 heteroatoms. The van der Waals surface area contributed by atoms with Gasteiger partial charge in [0, 0.05) is 18.4 Å². The molecule has 0 spiro atoms. The largest absolute Gasteiger partial charge is 0.462 e. The fraction of sp³-hybridized carbons (Fsp3) is 0.219. The van der Waals surface area contributed by atoms with E-state index in [2.05, 4.69) is 4.99 Å². The van der Waals surface area contributed by atoms with Gasteiger partial charge in [0.15, 0.2) is 5.49 Å². The molecule has 0 unspecified atom stereocenters. The third kappa shape index (κ3) is 5.19. The van der Waals surface area contributed by atoms with Crippen LogP contribution in [0.4, 0.5) is 0 Å². The molecule has 0 radical (unpaired) electrons. The quantitative estimate of drug-likeness (QED) is 0.230. The van der Waals surface area contributed by atoms with Crippen molar-refractivity contribution in [1.29, 1.82) is 0 Å². The Morgan fingerprint density at radius 3 is 2.51 bits per heavy atom. The first-order valence-corrected chi connectivity index (χ1v) is 13.6. The molecule has 206 valence electrons. The predicted molar refractivity (Wildman–Crippen MR) is 154 cm³/mol. The lowest BCUT2D eigenvalue weighted by molar-refractivity contribution is 0.0521. The number of nitrogens with zero attached hydrogens (tertiary/aromatic N) is 4. The van der Waals surface area contributed by atoms with Crippen molar-refractivity contribution < 1.29 is 19.1 Å². The van der Waals surface area contributed by atoms with Gasteiger partial charge in [-0.05, 0) is 61.2 Å². The summed E-state index contributed by atoms with van der Waals surface area (Å²) in [4.78, 5) is 49.5. The predicted octanol–water partition coefficient (Wildman–Crippen LogP) is 4.41. The van der Waals surface area contributed by atoms with Gasteiger partial charge in [-0.1, -0.05) is 48.5 Å². The molecular formula is C32H28N4O5. The van der Waals surface area contributed by atoms with Crippen LogP contribution in [0.2, 0.25) is 0 Å². The average molecular weight is 549 g/mol. The van der Waals surface area contributed by atoms with Gasteiger partial charge in [0.1, 0.15) is 16.9 Å². The lowest BCUT2D eigenvalue weighted by atomic mass is 10.0. The number of aromatic nitrogens is 3. The monoisotopic (exact) mass is 548 g/mol. The fourth-order valence-electron chi connectivity index (χ4n) is 5.12. The van der Waals surface area contributed by atoms with E-state index in [1.807, 2.05) is 42.5 Å². The van der Waals surface area contributed by atoms with E-state index in [0.29, 0.717) is 23.5 Å². The van der Waals surface area contributed by atoms with Gasteiger partial charge in [0.2, 0.25) is 0 Å². The first-order chi connectivity index (χ1) is 20.0. The lowest BCUT2D eigenvalue weighted by Gasteiger charge is -2.18. The van der Waals surface area contributed by atoms with E-state index < -0.39 is 11.9 Å². The number of amides is 1. The van der Waals surface area contributed by atoms with Crippen LogP contribution in [0.25, 0.3) is 27.8 Å². The Morgan fingerprint density at radius 1 is 1.02 bits per heavy atom. The highest BCUT2D eigenvalue weighted by Crippen LogP contribution is 2.20. The van der Waals surface area contributed by atoms with Gasteiger partial charge < -0.3 is 14.0 Å². The smallest absolute Gasteiger partial charge is 0.341 e. The molecule has 2 aromatic carbocycles. The van der Waals surface area contributed by atoms with Gasteiger partial charge >= 0.3 is 5.97 Å². The summed E-state index contributed by atoms with van der Waals surface area (Å²) in [6.07, 6.45) is 3.11. The maximum absolute atomic E-state index is 13.5. The number of benzene rings is 2. The molecule has 1 amide bonds. The molecule has 1 atom stereocenters. The Hall–Kier alpha value is -4.89. The zero-order chi connectivity index (χ0) is 28.3. The second-order valence-electron chi connectivity index (χ2n) is 9.79. The van der Waals surface area contributed by atoms with Crippen LogP contribution in [0, 0.1) is 0 Å². The number of rotatable bonds is 6. The molecule has 0 aliphatic carbocycles. The van der Waals surface area contributed by atoms with Crippen LogP contribution in [-0.2, 0) is 16.0 Å². The topological polar surface area (TPSA) is 104 Å². The minimum Gasteiger partial charge on any atom is -0.462 e. The molecular weight excluding hydrogens is 520 g/mol. The maximum Gasteiger partial charge on any atom is 0.341 e. The van der Waals surface area contributed by atoms with Gasteiger partial charge in [-0.3, -0.25) is 14.0 Å². The van der Waals surface area contributed by atoms with Gasteiger partial charge in [-0.15, -0.1) is 0 Å². The molecule has 4 heterocycles. The number of hydrogen-bond donors (Lipinski definition) is 0. The van der Waals surface area contributed by atoms with Crippen LogP contribution in [-0.4, -0.2) is 45.1 Å². The first kappa shape index (κ1) is 26.3. The molecule has 0 bridgehead atoms. The molecule has 9 nitrogen and oxygen atoms in total. The average Bonchev–Trinajstić information content (AvgIpc) is 3.52. The summed E-state index contributed by atoms with van der Waals surface area (Å²) in [5.74, 6) is -1.22. The molecule has 0 N–H and O–H groups in total. The molecule has 41 heavy (non-hydrogen) atoms. The van der Waals surface area contributed by atoms with Crippen molar-refractivity contribution in [2.75, 3.05) is 13.2 Å². The van der Waals surface area contributed by atoms with Crippen molar-refractivity contribution in [3.05, 3.63) is 112 Å². The Kier molecular flexibility index (Phi) is 7.26. The zero-order valence-corrected chi connectivity index (χ0v) is 22.5. The molecule has 6 rings (SSSR count). The van der Waals surface area contributed by atoms with E-state index in [0.717, 1.165) is 24.0 Å². The molecule has 3 aromatic heterocycles. The number of hydrogen-bond acceptors (Lipinski definition) is 6. The zero-order valence-electron chi connectivity index (χ0n) is 22.5. The second kappa shape index (κ2) is 11.3. The van der Waals surface area contributed by atoms with E-state index in [-0.39, 0.29) is 41.3 Å². The molecule has 1 saturated heterocycles. The van der Waals surface area contributed by atoms with Gasteiger partial charge in [-0.2, -0.15) is 4.99 Å². The summed E-state index contributed by atoms with van der Waals surface area (Å²) in [5, 5.41) is 0.216. The Morgan fingerprint density at radius 2 is 1.78 bits per heavy atom. The van der Waals surface area contributed by atoms with Crippen LogP contribution in [0.15, 0.2) is 94.8 Å². The highest BCUT2D eigenvalue weighted by atomic mass is 16.5. The normalized spacial score (nSPS) is 15.4. The third-order valence-electron chi connectivity index (χ3n) is 7.14. The van der Waals surface area contributed by atoms with Crippen molar-refractivity contribution in [2.24, 2.45) is 4.99 Å². The second-order valence-corrected chi connectivity index (χ2v) is 9.79. The number of ether oxygens (including phenoxy) is 2. The molecule has 1 aliphatic heterocycles. The summed E-state index contributed by atoms with van der Waals surface area (Å²) >= 11 is 0.